The molecule has 0 fully saturated rings. The van der Waals surface area contributed by atoms with Crippen LogP contribution in [-0.4, -0.2) is 4.98 Å². The molecule has 0 aromatic carbocycles. The van der Waals surface area contributed by atoms with Gasteiger partial charge in [-0.2, -0.15) is 0 Å². The monoisotopic (exact) mass is 349 g/mol. The molecule has 2 atom stereocenters. The molecule has 2 unspecified atom stereocenters. The zero-order chi connectivity index (χ0) is 18.3. The normalized spacial score (nSPS) is 13.9. The Labute approximate surface area is 157 Å². The third-order valence-electron chi connectivity index (χ3n) is 5.65. The van der Waals surface area contributed by atoms with E-state index < -0.39 is 0 Å². The Balaban J connectivity index is 2.20. The fourth-order valence-electron chi connectivity index (χ4n) is 3.87. The molecular weight excluding hydrogens is 304 g/mol. The Kier molecular flexibility index (Phi) is 12.8. The molecule has 0 aliphatic rings. The van der Waals surface area contributed by atoms with Gasteiger partial charge in [0.25, 0.3) is 5.82 Å². The second kappa shape index (κ2) is 14.4. The molecule has 0 spiro atoms. The van der Waals surface area contributed by atoms with Gasteiger partial charge < -0.3 is 0 Å². The summed E-state index contributed by atoms with van der Waals surface area (Å²) in [6.45, 7) is 9.35. The van der Waals surface area contributed by atoms with Crippen molar-refractivity contribution in [3.05, 3.63) is 18.2 Å². The quantitative estimate of drug-likeness (QED) is 0.236. The zero-order valence-corrected chi connectivity index (χ0v) is 17.7. The minimum Gasteiger partial charge on any atom is -0.247 e. The average Bonchev–Trinajstić information content (AvgIpc) is 3.10. The molecule has 1 heterocycles. The van der Waals surface area contributed by atoms with E-state index in [4.69, 9.17) is 0 Å². The predicted octanol–water partition coefficient (Wildman–Crippen LogP) is 7.47. The molecule has 146 valence electrons. The number of hydrogen-bond donors (Lipinski definition) is 1. The fourth-order valence-corrected chi connectivity index (χ4v) is 3.87. The molecule has 2 heteroatoms. The second-order valence-corrected chi connectivity index (χ2v) is 8.12. The van der Waals surface area contributed by atoms with Crippen LogP contribution in [0.2, 0.25) is 0 Å². The predicted molar refractivity (Wildman–Crippen MR) is 110 cm³/mol. The molecule has 1 aromatic heterocycles. The van der Waals surface area contributed by atoms with Gasteiger partial charge in [0.15, 0.2) is 0 Å². The molecule has 1 N–H and O–H groups in total. The highest BCUT2D eigenvalue weighted by Gasteiger charge is 2.21. The fraction of sp³-hybridized carbons (Fsp3) is 0.870. The number of rotatable bonds is 16. The summed E-state index contributed by atoms with van der Waals surface area (Å²) in [4.78, 5) is 3.51. The van der Waals surface area contributed by atoms with E-state index in [-0.39, 0.29) is 0 Å². The largest absolute Gasteiger partial charge is 0.257 e. The van der Waals surface area contributed by atoms with Crippen molar-refractivity contribution in [2.24, 2.45) is 0 Å². The van der Waals surface area contributed by atoms with Crippen molar-refractivity contribution in [3.63, 3.8) is 0 Å². The highest BCUT2D eigenvalue weighted by Crippen LogP contribution is 2.20. The van der Waals surface area contributed by atoms with Gasteiger partial charge in [-0.25, -0.2) is 9.55 Å². The summed E-state index contributed by atoms with van der Waals surface area (Å²) in [5, 5.41) is 0. The summed E-state index contributed by atoms with van der Waals surface area (Å²) >= 11 is 0. The van der Waals surface area contributed by atoms with Crippen LogP contribution in [0.1, 0.15) is 135 Å². The van der Waals surface area contributed by atoms with E-state index in [2.05, 4.69) is 49.6 Å². The lowest BCUT2D eigenvalue weighted by atomic mass is 10.0. The van der Waals surface area contributed by atoms with Crippen LogP contribution in [0.3, 0.4) is 0 Å². The van der Waals surface area contributed by atoms with Crippen molar-refractivity contribution < 1.29 is 4.57 Å². The zero-order valence-electron chi connectivity index (χ0n) is 17.7. The summed E-state index contributed by atoms with van der Waals surface area (Å²) in [5.41, 5.74) is 0. The summed E-state index contributed by atoms with van der Waals surface area (Å²) in [6.07, 6.45) is 23.8. The molecule has 2 nitrogen and oxygen atoms in total. The van der Waals surface area contributed by atoms with Gasteiger partial charge in [0.1, 0.15) is 12.4 Å². The maximum Gasteiger partial charge on any atom is 0.257 e. The van der Waals surface area contributed by atoms with Gasteiger partial charge in [0.05, 0.1) is 12.0 Å². The smallest absolute Gasteiger partial charge is 0.247 e. The van der Waals surface area contributed by atoms with Crippen molar-refractivity contribution in [2.45, 2.75) is 130 Å². The number of aromatic nitrogens is 2. The van der Waals surface area contributed by atoms with Crippen LogP contribution in [0.15, 0.2) is 12.4 Å². The topological polar surface area (TPSA) is 19.7 Å². The van der Waals surface area contributed by atoms with Gasteiger partial charge in [-0.05, 0) is 26.2 Å². The number of H-pyrrole nitrogens is 1. The van der Waals surface area contributed by atoms with Gasteiger partial charge in [-0.1, -0.05) is 91.4 Å². The van der Waals surface area contributed by atoms with Gasteiger partial charge in [-0.15, -0.1) is 0 Å². The highest BCUT2D eigenvalue weighted by atomic mass is 15.1. The maximum absolute atomic E-state index is 3.51. The summed E-state index contributed by atoms with van der Waals surface area (Å²) < 4.78 is 2.50. The molecule has 0 aliphatic heterocycles. The minimum atomic E-state index is 0.624. The summed E-state index contributed by atoms with van der Waals surface area (Å²) in [5.74, 6) is 2.08. The second-order valence-electron chi connectivity index (χ2n) is 8.12. The Morgan fingerprint density at radius 3 is 1.92 bits per heavy atom. The first-order valence-electron chi connectivity index (χ1n) is 11.3. The molecule has 0 amide bonds. The first-order valence-corrected chi connectivity index (χ1v) is 11.3. The van der Waals surface area contributed by atoms with Crippen LogP contribution in [0, 0.1) is 0 Å². The maximum atomic E-state index is 3.51. The standard InChI is InChI=1S/C23H44N2/c1-5-7-9-10-11-12-13-14-16-18-22(4)25-20-19-24-23(25)21(3)17-15-8-6-2/h19-22H,5-18H2,1-4H3/p+1. The van der Waals surface area contributed by atoms with Gasteiger partial charge in [0.2, 0.25) is 0 Å². The molecule has 0 aliphatic carbocycles. The lowest BCUT2D eigenvalue weighted by Gasteiger charge is -2.14. The lowest BCUT2D eigenvalue weighted by molar-refractivity contribution is -0.727. The van der Waals surface area contributed by atoms with Crippen LogP contribution in [0.25, 0.3) is 0 Å². The van der Waals surface area contributed by atoms with Crippen molar-refractivity contribution in [3.8, 4) is 0 Å². The molecule has 25 heavy (non-hydrogen) atoms. The highest BCUT2D eigenvalue weighted by molar-refractivity contribution is 4.87. The molecule has 0 saturated carbocycles. The van der Waals surface area contributed by atoms with Crippen molar-refractivity contribution in [2.75, 3.05) is 0 Å². The van der Waals surface area contributed by atoms with E-state index in [1.807, 2.05) is 0 Å². The molecule has 0 radical (unpaired) electrons. The average molecular weight is 350 g/mol. The van der Waals surface area contributed by atoms with Crippen LogP contribution in [0.5, 0.6) is 0 Å². The van der Waals surface area contributed by atoms with Gasteiger partial charge in [-0.3, -0.25) is 0 Å². The third-order valence-corrected chi connectivity index (χ3v) is 5.65. The summed E-state index contributed by atoms with van der Waals surface area (Å²) in [7, 11) is 0. The number of hydrogen-bond acceptors (Lipinski definition) is 0. The number of aromatic amines is 1. The molecule has 1 aromatic rings. The molecule has 0 saturated heterocycles. The Bertz CT molecular complexity index is 410. The minimum absolute atomic E-state index is 0.624. The van der Waals surface area contributed by atoms with Gasteiger partial charge >= 0.3 is 0 Å². The van der Waals surface area contributed by atoms with Crippen molar-refractivity contribution in [1.29, 1.82) is 0 Å². The van der Waals surface area contributed by atoms with Crippen LogP contribution >= 0.6 is 0 Å². The van der Waals surface area contributed by atoms with Crippen molar-refractivity contribution in [1.82, 2.24) is 4.98 Å². The molecular formula is C23H45N2+. The Hall–Kier alpha value is -0.790. The Morgan fingerprint density at radius 1 is 0.760 bits per heavy atom. The van der Waals surface area contributed by atoms with Crippen molar-refractivity contribution >= 4 is 0 Å². The van der Waals surface area contributed by atoms with Gasteiger partial charge in [0, 0.05) is 0 Å². The number of nitrogens with one attached hydrogen (secondary N) is 1. The SMILES string of the molecule is CCCCCCCCCCCC(C)[n+]1cc[nH]c1C(C)CCCCC. The number of imidazole rings is 1. The first-order chi connectivity index (χ1) is 12.2. The molecule has 0 bridgehead atoms. The van der Waals surface area contributed by atoms with E-state index in [0.717, 1.165) is 0 Å². The van der Waals surface area contributed by atoms with Crippen LogP contribution < -0.4 is 4.57 Å². The van der Waals surface area contributed by atoms with E-state index in [1.54, 1.807) is 0 Å². The van der Waals surface area contributed by atoms with E-state index >= 15 is 0 Å². The van der Waals surface area contributed by atoms with Crippen LogP contribution in [-0.2, 0) is 0 Å². The van der Waals surface area contributed by atoms with E-state index in [1.165, 1.54) is 95.7 Å². The lowest BCUT2D eigenvalue weighted by Crippen LogP contribution is -2.40. The summed E-state index contributed by atoms with van der Waals surface area (Å²) in [6, 6.07) is 0.624. The number of nitrogens with zero attached hydrogens (tertiary/aromatic N) is 1. The molecule has 1 rings (SSSR count). The Morgan fingerprint density at radius 2 is 1.28 bits per heavy atom. The third kappa shape index (κ3) is 9.47. The first kappa shape index (κ1) is 22.3. The van der Waals surface area contributed by atoms with E-state index in [0.29, 0.717) is 12.0 Å². The van der Waals surface area contributed by atoms with E-state index in [9.17, 15) is 0 Å². The number of unbranched alkanes of at least 4 members (excludes halogenated alkanes) is 10. The van der Waals surface area contributed by atoms with Crippen LogP contribution in [0.4, 0.5) is 0 Å².